The minimum atomic E-state index is -0.678. The molecule has 1 aliphatic carbocycles. The molecule has 1 saturated carbocycles. The Kier molecular flexibility index (Phi) is 6.94. The lowest BCUT2D eigenvalue weighted by Gasteiger charge is -2.39. The Labute approximate surface area is 189 Å². The van der Waals surface area contributed by atoms with Crippen molar-refractivity contribution in [3.63, 3.8) is 0 Å². The number of rotatable bonds is 8. The molecule has 4 rings (SSSR count). The van der Waals surface area contributed by atoms with Gasteiger partial charge in [0.15, 0.2) is 5.76 Å². The molecule has 0 atom stereocenters. The Hall–Kier alpha value is -2.67. The van der Waals surface area contributed by atoms with Crippen molar-refractivity contribution in [2.75, 3.05) is 24.5 Å². The smallest absolute Gasteiger partial charge is 0.303 e. The summed E-state index contributed by atoms with van der Waals surface area (Å²) in [5.74, 6) is 0.146. The van der Waals surface area contributed by atoms with Crippen molar-refractivity contribution in [3.05, 3.63) is 48.0 Å². The highest BCUT2D eigenvalue weighted by molar-refractivity contribution is 6.04. The molecule has 1 aliphatic heterocycles. The van der Waals surface area contributed by atoms with Crippen LogP contribution in [0.3, 0.4) is 0 Å². The normalized spacial score (nSPS) is 19.2. The van der Waals surface area contributed by atoms with E-state index in [1.807, 2.05) is 19.1 Å². The fourth-order valence-corrected chi connectivity index (χ4v) is 5.34. The third-order valence-corrected chi connectivity index (χ3v) is 7.16. The summed E-state index contributed by atoms with van der Waals surface area (Å²) >= 11 is 0. The van der Waals surface area contributed by atoms with Crippen LogP contribution in [0.1, 0.15) is 67.5 Å². The van der Waals surface area contributed by atoms with E-state index in [-0.39, 0.29) is 23.8 Å². The number of aromatic nitrogens is 1. The molecular formula is C25H33N3O4. The van der Waals surface area contributed by atoms with Gasteiger partial charge in [-0.05, 0) is 74.8 Å². The quantitative estimate of drug-likeness (QED) is 0.651. The Bertz CT molecular complexity index is 896. The zero-order valence-electron chi connectivity index (χ0n) is 18.8. The highest BCUT2D eigenvalue weighted by Crippen LogP contribution is 2.44. The number of carboxylic acid groups (broad SMARTS) is 1. The molecule has 0 radical (unpaired) electrons. The molecule has 32 heavy (non-hydrogen) atoms. The number of aryl methyl sites for hydroxylation is 1. The Balaban J connectivity index is 1.40. The highest BCUT2D eigenvalue weighted by Gasteiger charge is 2.37. The van der Waals surface area contributed by atoms with Crippen molar-refractivity contribution >= 4 is 17.7 Å². The summed E-state index contributed by atoms with van der Waals surface area (Å²) < 4.78 is 5.39. The summed E-state index contributed by atoms with van der Waals surface area (Å²) in [6.45, 7) is 4.69. The number of amides is 1. The van der Waals surface area contributed by atoms with E-state index in [1.165, 1.54) is 6.26 Å². The van der Waals surface area contributed by atoms with Gasteiger partial charge in [0.1, 0.15) is 5.82 Å². The Morgan fingerprint density at radius 1 is 1.22 bits per heavy atom. The number of carbonyl (C=O) groups excluding carboxylic acids is 1. The summed E-state index contributed by atoms with van der Waals surface area (Å²) in [5.41, 5.74) is 1.02. The van der Waals surface area contributed by atoms with E-state index < -0.39 is 5.97 Å². The van der Waals surface area contributed by atoms with Crippen molar-refractivity contribution in [2.24, 2.45) is 5.41 Å². The van der Waals surface area contributed by atoms with Crippen LogP contribution in [0, 0.1) is 12.3 Å². The van der Waals surface area contributed by atoms with Crippen molar-refractivity contribution in [1.29, 1.82) is 0 Å². The molecule has 2 aromatic heterocycles. The van der Waals surface area contributed by atoms with Crippen LogP contribution in [0.15, 0.2) is 41.1 Å². The molecule has 0 spiro atoms. The van der Waals surface area contributed by atoms with E-state index in [2.05, 4.69) is 9.88 Å². The second kappa shape index (κ2) is 9.86. The zero-order valence-corrected chi connectivity index (χ0v) is 18.8. The lowest BCUT2D eigenvalue weighted by atomic mass is 9.79. The number of hydrogen-bond donors (Lipinski definition) is 1. The van der Waals surface area contributed by atoms with E-state index in [1.54, 1.807) is 23.2 Å². The molecule has 7 nitrogen and oxygen atoms in total. The van der Waals surface area contributed by atoms with E-state index in [0.717, 1.165) is 70.1 Å². The third-order valence-electron chi connectivity index (χ3n) is 7.16. The van der Waals surface area contributed by atoms with Gasteiger partial charge in [-0.3, -0.25) is 14.5 Å². The first kappa shape index (κ1) is 22.5. The number of furan rings is 1. The second-order valence-electron chi connectivity index (χ2n) is 9.45. The maximum atomic E-state index is 13.2. The molecule has 3 heterocycles. The van der Waals surface area contributed by atoms with Crippen LogP contribution in [-0.2, 0) is 4.79 Å². The summed E-state index contributed by atoms with van der Waals surface area (Å²) in [4.78, 5) is 33.4. The molecule has 0 aromatic carbocycles. The van der Waals surface area contributed by atoms with E-state index in [0.29, 0.717) is 11.6 Å². The first-order valence-electron chi connectivity index (χ1n) is 11.7. The summed E-state index contributed by atoms with van der Waals surface area (Å²) in [6.07, 6.45) is 10.6. The molecule has 172 valence electrons. The topological polar surface area (TPSA) is 86.9 Å². The molecule has 2 fully saturated rings. The molecule has 2 aromatic rings. The monoisotopic (exact) mass is 439 g/mol. The molecule has 1 amide bonds. The van der Waals surface area contributed by atoms with Gasteiger partial charge in [-0.2, -0.15) is 0 Å². The van der Waals surface area contributed by atoms with Gasteiger partial charge in [0.25, 0.3) is 5.91 Å². The largest absolute Gasteiger partial charge is 0.481 e. The Morgan fingerprint density at radius 2 is 1.97 bits per heavy atom. The van der Waals surface area contributed by atoms with Crippen molar-refractivity contribution < 1.29 is 19.1 Å². The molecule has 0 unspecified atom stereocenters. The predicted octanol–water partition coefficient (Wildman–Crippen LogP) is 4.52. The molecule has 1 N–H and O–H groups in total. The van der Waals surface area contributed by atoms with Crippen LogP contribution < -0.4 is 4.90 Å². The molecule has 7 heteroatoms. The second-order valence-corrected chi connectivity index (χ2v) is 9.45. The van der Waals surface area contributed by atoms with Crippen LogP contribution in [-0.4, -0.2) is 52.5 Å². The number of hydrogen-bond acceptors (Lipinski definition) is 5. The Morgan fingerprint density at radius 3 is 2.56 bits per heavy atom. The number of pyridine rings is 1. The van der Waals surface area contributed by atoms with Crippen molar-refractivity contribution in [3.8, 4) is 0 Å². The number of carboxylic acids is 1. The van der Waals surface area contributed by atoms with Crippen molar-refractivity contribution in [1.82, 2.24) is 9.88 Å². The van der Waals surface area contributed by atoms with Gasteiger partial charge in [0.2, 0.25) is 0 Å². The van der Waals surface area contributed by atoms with Gasteiger partial charge < -0.3 is 14.4 Å². The number of aliphatic carboxylic acids is 1. The van der Waals surface area contributed by atoms with E-state index in [4.69, 9.17) is 4.42 Å². The maximum Gasteiger partial charge on any atom is 0.303 e. The number of nitrogens with zero attached hydrogens (tertiary/aromatic N) is 3. The standard InChI is InChI=1S/C25H33N3O4/c1-19-6-7-22(26-18-19)28(24(31)21-5-4-16-32-21)20-8-13-27(14-9-20)15-12-25(17-23(29)30)10-2-3-11-25/h4-7,16,18,20H,2-3,8-15,17H2,1H3,(H,29,30). The number of likely N-dealkylation sites (tertiary alicyclic amines) is 1. The minimum Gasteiger partial charge on any atom is -0.481 e. The van der Waals surface area contributed by atoms with Gasteiger partial charge in [-0.15, -0.1) is 0 Å². The highest BCUT2D eigenvalue weighted by atomic mass is 16.4. The number of carbonyl (C=O) groups is 2. The van der Waals surface area contributed by atoms with Crippen molar-refractivity contribution in [2.45, 2.75) is 64.3 Å². The van der Waals surface area contributed by atoms with E-state index >= 15 is 0 Å². The average molecular weight is 440 g/mol. The molecule has 1 saturated heterocycles. The van der Waals surface area contributed by atoms with Gasteiger partial charge >= 0.3 is 5.97 Å². The minimum absolute atomic E-state index is 0.0320. The maximum absolute atomic E-state index is 13.2. The molecule has 2 aliphatic rings. The fraction of sp³-hybridized carbons (Fsp3) is 0.560. The number of piperidine rings is 1. The summed E-state index contributed by atoms with van der Waals surface area (Å²) in [7, 11) is 0. The van der Waals surface area contributed by atoms with Gasteiger partial charge in [0.05, 0.1) is 12.7 Å². The van der Waals surface area contributed by atoms with Crippen LogP contribution in [0.2, 0.25) is 0 Å². The fourth-order valence-electron chi connectivity index (χ4n) is 5.34. The number of anilines is 1. The molecular weight excluding hydrogens is 406 g/mol. The first-order chi connectivity index (χ1) is 15.5. The van der Waals surface area contributed by atoms with Gasteiger partial charge in [0, 0.05) is 25.3 Å². The van der Waals surface area contributed by atoms with Crippen LogP contribution >= 0.6 is 0 Å². The first-order valence-corrected chi connectivity index (χ1v) is 11.7. The van der Waals surface area contributed by atoms with Crippen LogP contribution in [0.25, 0.3) is 0 Å². The lowest BCUT2D eigenvalue weighted by Crippen LogP contribution is -2.48. The molecule has 0 bridgehead atoms. The van der Waals surface area contributed by atoms with E-state index in [9.17, 15) is 14.7 Å². The van der Waals surface area contributed by atoms with Gasteiger partial charge in [-0.1, -0.05) is 18.9 Å². The SMILES string of the molecule is Cc1ccc(N(C(=O)c2ccco2)C2CCN(CCC3(CC(=O)O)CCCC3)CC2)nc1. The zero-order chi connectivity index (χ0) is 22.6. The van der Waals surface area contributed by atoms with Gasteiger partial charge in [-0.25, -0.2) is 4.98 Å². The van der Waals surface area contributed by atoms with Crippen LogP contribution in [0.4, 0.5) is 5.82 Å². The lowest BCUT2D eigenvalue weighted by molar-refractivity contribution is -0.139. The summed E-state index contributed by atoms with van der Waals surface area (Å²) in [5, 5.41) is 9.36. The predicted molar refractivity (Wildman–Crippen MR) is 122 cm³/mol. The van der Waals surface area contributed by atoms with Crippen LogP contribution in [0.5, 0.6) is 0 Å². The average Bonchev–Trinajstić information content (AvgIpc) is 3.47. The summed E-state index contributed by atoms with van der Waals surface area (Å²) in [6, 6.07) is 7.36. The third kappa shape index (κ3) is 5.21.